The molecule has 0 radical (unpaired) electrons. The van der Waals surface area contributed by atoms with E-state index in [0.29, 0.717) is 25.6 Å². The first kappa shape index (κ1) is 19.7. The minimum absolute atomic E-state index is 0.0372. The van der Waals surface area contributed by atoms with Gasteiger partial charge in [0.1, 0.15) is 0 Å². The van der Waals surface area contributed by atoms with Gasteiger partial charge in [-0.25, -0.2) is 4.79 Å². The zero-order valence-electron chi connectivity index (χ0n) is 16.3. The second-order valence-electron chi connectivity index (χ2n) is 7.82. The molecule has 0 aliphatic carbocycles. The van der Waals surface area contributed by atoms with E-state index < -0.39 is 0 Å². The van der Waals surface area contributed by atoms with Gasteiger partial charge < -0.3 is 20.4 Å². The topological polar surface area (TPSA) is 64.7 Å². The van der Waals surface area contributed by atoms with Crippen LogP contribution in [0.1, 0.15) is 31.2 Å². The molecule has 2 fully saturated rings. The van der Waals surface area contributed by atoms with Crippen LogP contribution in [0.25, 0.3) is 0 Å². The van der Waals surface area contributed by atoms with Gasteiger partial charge in [0, 0.05) is 39.1 Å². The SMILES string of the molecule is CN(Cc1ccccc1)C(=O)N1CCC(C(=O)NCCC2CCNC2)CC1. The van der Waals surface area contributed by atoms with Crippen LogP contribution in [0.4, 0.5) is 4.79 Å². The van der Waals surface area contributed by atoms with Crippen molar-refractivity contribution in [3.8, 4) is 0 Å². The van der Waals surface area contributed by atoms with E-state index in [1.807, 2.05) is 42.3 Å². The number of piperidine rings is 1. The molecule has 3 rings (SSSR count). The Morgan fingerprint density at radius 1 is 1.19 bits per heavy atom. The molecule has 0 bridgehead atoms. The van der Waals surface area contributed by atoms with Crippen molar-refractivity contribution >= 4 is 11.9 Å². The van der Waals surface area contributed by atoms with Gasteiger partial charge in [0.2, 0.25) is 5.91 Å². The maximum absolute atomic E-state index is 12.6. The van der Waals surface area contributed by atoms with Crippen molar-refractivity contribution in [2.24, 2.45) is 11.8 Å². The highest BCUT2D eigenvalue weighted by Crippen LogP contribution is 2.19. The van der Waals surface area contributed by atoms with Crippen LogP contribution in [-0.2, 0) is 11.3 Å². The van der Waals surface area contributed by atoms with Crippen molar-refractivity contribution in [2.75, 3.05) is 39.8 Å². The molecule has 3 amide bonds. The molecular formula is C21H32N4O2. The van der Waals surface area contributed by atoms with Gasteiger partial charge in [-0.15, -0.1) is 0 Å². The fourth-order valence-electron chi connectivity index (χ4n) is 4.00. The summed E-state index contributed by atoms with van der Waals surface area (Å²) >= 11 is 0. The molecule has 0 saturated carbocycles. The monoisotopic (exact) mass is 372 g/mol. The largest absolute Gasteiger partial charge is 0.356 e. The van der Waals surface area contributed by atoms with Gasteiger partial charge in [0.25, 0.3) is 0 Å². The first-order valence-electron chi connectivity index (χ1n) is 10.2. The summed E-state index contributed by atoms with van der Waals surface area (Å²) in [7, 11) is 1.84. The molecule has 6 heteroatoms. The molecule has 2 heterocycles. The third kappa shape index (κ3) is 5.70. The second-order valence-corrected chi connectivity index (χ2v) is 7.82. The van der Waals surface area contributed by atoms with Crippen LogP contribution in [0.3, 0.4) is 0 Å². The van der Waals surface area contributed by atoms with Crippen molar-refractivity contribution in [1.29, 1.82) is 0 Å². The van der Waals surface area contributed by atoms with Crippen LogP contribution in [-0.4, -0.2) is 61.5 Å². The summed E-state index contributed by atoms with van der Waals surface area (Å²) in [6.45, 7) is 4.86. The average Bonchev–Trinajstić information content (AvgIpc) is 3.21. The van der Waals surface area contributed by atoms with Gasteiger partial charge in [-0.3, -0.25) is 4.79 Å². The zero-order valence-corrected chi connectivity index (χ0v) is 16.3. The van der Waals surface area contributed by atoms with Crippen LogP contribution >= 0.6 is 0 Å². The lowest BCUT2D eigenvalue weighted by Gasteiger charge is -2.34. The Labute approximate surface area is 162 Å². The van der Waals surface area contributed by atoms with E-state index in [0.717, 1.165) is 44.5 Å². The fourth-order valence-corrected chi connectivity index (χ4v) is 4.00. The summed E-state index contributed by atoms with van der Waals surface area (Å²) in [5.41, 5.74) is 1.13. The molecule has 1 unspecified atom stereocenters. The van der Waals surface area contributed by atoms with Gasteiger partial charge in [-0.1, -0.05) is 30.3 Å². The summed E-state index contributed by atoms with van der Waals surface area (Å²) in [5.74, 6) is 0.894. The standard InChI is InChI=1S/C21H32N4O2/c1-24(16-18-5-3-2-4-6-18)21(27)25-13-9-19(10-14-25)20(26)23-12-8-17-7-11-22-15-17/h2-6,17,19,22H,7-16H2,1H3,(H,23,26). The van der Waals surface area contributed by atoms with E-state index in [1.54, 1.807) is 4.90 Å². The summed E-state index contributed by atoms with van der Waals surface area (Å²) in [4.78, 5) is 28.7. The lowest BCUT2D eigenvalue weighted by molar-refractivity contribution is -0.126. The van der Waals surface area contributed by atoms with E-state index in [2.05, 4.69) is 10.6 Å². The Kier molecular flexibility index (Phi) is 7.10. The van der Waals surface area contributed by atoms with Gasteiger partial charge in [0.15, 0.2) is 0 Å². The minimum atomic E-state index is 0.0372. The van der Waals surface area contributed by atoms with Gasteiger partial charge >= 0.3 is 6.03 Å². The van der Waals surface area contributed by atoms with Crippen LogP contribution < -0.4 is 10.6 Å². The Morgan fingerprint density at radius 2 is 1.93 bits per heavy atom. The van der Waals surface area contributed by atoms with E-state index in [1.165, 1.54) is 6.42 Å². The maximum Gasteiger partial charge on any atom is 0.320 e. The Bertz CT molecular complexity index is 608. The Balaban J connectivity index is 1.37. The van der Waals surface area contributed by atoms with Crippen LogP contribution in [0, 0.1) is 11.8 Å². The van der Waals surface area contributed by atoms with Crippen LogP contribution in [0.15, 0.2) is 30.3 Å². The normalized spacial score (nSPS) is 20.5. The van der Waals surface area contributed by atoms with Crippen molar-refractivity contribution in [2.45, 2.75) is 32.2 Å². The van der Waals surface area contributed by atoms with Crippen LogP contribution in [0.5, 0.6) is 0 Å². The number of amides is 3. The number of nitrogens with zero attached hydrogens (tertiary/aromatic N) is 2. The fraction of sp³-hybridized carbons (Fsp3) is 0.619. The van der Waals surface area contributed by atoms with E-state index in [4.69, 9.17) is 0 Å². The molecule has 27 heavy (non-hydrogen) atoms. The second kappa shape index (κ2) is 9.74. The number of hydrogen-bond acceptors (Lipinski definition) is 3. The highest BCUT2D eigenvalue weighted by atomic mass is 16.2. The first-order chi connectivity index (χ1) is 13.1. The molecule has 6 nitrogen and oxygen atoms in total. The average molecular weight is 373 g/mol. The van der Waals surface area contributed by atoms with Crippen molar-refractivity contribution in [3.05, 3.63) is 35.9 Å². The molecule has 2 aliphatic rings. The van der Waals surface area contributed by atoms with Gasteiger partial charge in [-0.2, -0.15) is 0 Å². The summed E-state index contributed by atoms with van der Waals surface area (Å²) < 4.78 is 0. The molecule has 0 spiro atoms. The van der Waals surface area contributed by atoms with Crippen molar-refractivity contribution in [3.63, 3.8) is 0 Å². The van der Waals surface area contributed by atoms with Crippen molar-refractivity contribution < 1.29 is 9.59 Å². The summed E-state index contributed by atoms with van der Waals surface area (Å²) in [6.07, 6.45) is 3.77. The lowest BCUT2D eigenvalue weighted by Crippen LogP contribution is -2.47. The predicted octanol–water partition coefficient (Wildman–Crippen LogP) is 2.07. The number of rotatable bonds is 6. The number of benzene rings is 1. The van der Waals surface area contributed by atoms with Crippen molar-refractivity contribution in [1.82, 2.24) is 20.4 Å². The zero-order chi connectivity index (χ0) is 19.1. The summed E-state index contributed by atoms with van der Waals surface area (Å²) in [5, 5.41) is 6.46. The third-order valence-corrected chi connectivity index (χ3v) is 5.74. The van der Waals surface area contributed by atoms with E-state index >= 15 is 0 Å². The quantitative estimate of drug-likeness (QED) is 0.803. The number of nitrogens with one attached hydrogen (secondary N) is 2. The third-order valence-electron chi connectivity index (χ3n) is 5.74. The predicted molar refractivity (Wildman–Crippen MR) is 106 cm³/mol. The number of carbonyl (C=O) groups excluding carboxylic acids is 2. The number of carbonyl (C=O) groups is 2. The Morgan fingerprint density at radius 3 is 2.59 bits per heavy atom. The molecule has 2 N–H and O–H groups in total. The lowest BCUT2D eigenvalue weighted by atomic mass is 9.96. The molecule has 0 aromatic heterocycles. The minimum Gasteiger partial charge on any atom is -0.356 e. The highest BCUT2D eigenvalue weighted by Gasteiger charge is 2.28. The van der Waals surface area contributed by atoms with Crippen LogP contribution in [0.2, 0.25) is 0 Å². The number of hydrogen-bond donors (Lipinski definition) is 2. The molecule has 2 saturated heterocycles. The van der Waals surface area contributed by atoms with Gasteiger partial charge in [-0.05, 0) is 50.3 Å². The number of urea groups is 1. The maximum atomic E-state index is 12.6. The van der Waals surface area contributed by atoms with Gasteiger partial charge in [0.05, 0.1) is 0 Å². The molecule has 148 valence electrons. The molecule has 1 atom stereocenters. The Hall–Kier alpha value is -2.08. The molecule has 1 aromatic carbocycles. The van der Waals surface area contributed by atoms with E-state index in [-0.39, 0.29) is 17.9 Å². The highest BCUT2D eigenvalue weighted by molar-refractivity contribution is 5.79. The van der Waals surface area contributed by atoms with E-state index in [9.17, 15) is 9.59 Å². The number of likely N-dealkylation sites (tertiary alicyclic amines) is 1. The molecular weight excluding hydrogens is 340 g/mol. The molecule has 1 aromatic rings. The molecule has 2 aliphatic heterocycles. The smallest absolute Gasteiger partial charge is 0.320 e. The first-order valence-corrected chi connectivity index (χ1v) is 10.2. The summed E-state index contributed by atoms with van der Waals surface area (Å²) in [6, 6.07) is 10.1.